The van der Waals surface area contributed by atoms with Crippen LogP contribution in [-0.4, -0.2) is 49.7 Å². The van der Waals surface area contributed by atoms with E-state index in [1.54, 1.807) is 0 Å². The summed E-state index contributed by atoms with van der Waals surface area (Å²) in [5.74, 6) is -0.135. The van der Waals surface area contributed by atoms with Crippen LogP contribution in [0.4, 0.5) is 0 Å². The fraction of sp³-hybridized carbons (Fsp3) is 0.923. The highest BCUT2D eigenvalue weighted by molar-refractivity contribution is 5.75. The van der Waals surface area contributed by atoms with Crippen molar-refractivity contribution in [1.82, 2.24) is 10.2 Å². The second-order valence-electron chi connectivity index (χ2n) is 5.18. The molecule has 102 valence electrons. The monoisotopic (exact) mass is 244 g/mol. The molecule has 0 aromatic heterocycles. The quantitative estimate of drug-likeness (QED) is 0.659. The molecule has 0 spiro atoms. The summed E-state index contributed by atoms with van der Waals surface area (Å²) in [5.41, 5.74) is 0.0263. The van der Waals surface area contributed by atoms with Gasteiger partial charge in [-0.3, -0.25) is 4.79 Å². The van der Waals surface area contributed by atoms with Gasteiger partial charge in [-0.25, -0.2) is 0 Å². The second-order valence-corrected chi connectivity index (χ2v) is 5.18. The van der Waals surface area contributed by atoms with Crippen molar-refractivity contribution in [3.8, 4) is 0 Å². The molecule has 0 heterocycles. The zero-order valence-electron chi connectivity index (χ0n) is 12.2. The Kier molecular flexibility index (Phi) is 7.39. The molecule has 4 nitrogen and oxygen atoms in total. The van der Waals surface area contributed by atoms with Crippen LogP contribution >= 0.6 is 0 Å². The maximum atomic E-state index is 11.7. The highest BCUT2D eigenvalue weighted by Gasteiger charge is 2.24. The van der Waals surface area contributed by atoms with Gasteiger partial charge in [-0.1, -0.05) is 13.3 Å². The molecule has 0 aliphatic rings. The van der Waals surface area contributed by atoms with E-state index < -0.39 is 0 Å². The number of nitrogens with zero attached hydrogens (tertiary/aromatic N) is 1. The molecule has 0 rings (SSSR count). The number of esters is 1. The van der Waals surface area contributed by atoms with Gasteiger partial charge in [-0.15, -0.1) is 0 Å². The van der Waals surface area contributed by atoms with E-state index in [-0.39, 0.29) is 17.6 Å². The van der Waals surface area contributed by atoms with E-state index in [2.05, 4.69) is 31.0 Å². The average molecular weight is 244 g/mol. The molecule has 0 aromatic carbocycles. The molecule has 0 saturated heterocycles. The third-order valence-electron chi connectivity index (χ3n) is 3.14. The van der Waals surface area contributed by atoms with Crippen LogP contribution in [0.1, 0.15) is 40.5 Å². The van der Waals surface area contributed by atoms with Crippen molar-refractivity contribution in [2.24, 2.45) is 0 Å². The first-order valence-corrected chi connectivity index (χ1v) is 6.42. The lowest BCUT2D eigenvalue weighted by Crippen LogP contribution is -2.51. The normalized spacial score (nSPS) is 13.8. The van der Waals surface area contributed by atoms with Gasteiger partial charge in [-0.05, 0) is 41.3 Å². The summed E-state index contributed by atoms with van der Waals surface area (Å²) >= 11 is 0. The lowest BCUT2D eigenvalue weighted by Gasteiger charge is -2.34. The van der Waals surface area contributed by atoms with E-state index in [0.717, 1.165) is 19.4 Å². The molecule has 0 fully saturated rings. The molecule has 0 radical (unpaired) electrons. The zero-order valence-corrected chi connectivity index (χ0v) is 12.2. The molecule has 0 aliphatic carbocycles. The number of likely N-dealkylation sites (N-methyl/N-ethyl adjacent to an activating group) is 1. The smallest absolute Gasteiger partial charge is 0.323 e. The van der Waals surface area contributed by atoms with Crippen LogP contribution in [0.5, 0.6) is 0 Å². The van der Waals surface area contributed by atoms with Gasteiger partial charge in [0.2, 0.25) is 0 Å². The van der Waals surface area contributed by atoms with Gasteiger partial charge < -0.3 is 15.0 Å². The summed E-state index contributed by atoms with van der Waals surface area (Å²) in [5, 5.41) is 3.31. The van der Waals surface area contributed by atoms with E-state index in [4.69, 9.17) is 4.74 Å². The van der Waals surface area contributed by atoms with Gasteiger partial charge in [0, 0.05) is 12.1 Å². The van der Waals surface area contributed by atoms with Crippen molar-refractivity contribution in [2.75, 3.05) is 27.2 Å². The molecule has 0 aliphatic heterocycles. The number of hydrogen-bond donors (Lipinski definition) is 1. The molecule has 0 saturated carbocycles. The molecular formula is C13H28N2O2. The van der Waals surface area contributed by atoms with Crippen LogP contribution in [0, 0.1) is 0 Å². The Balaban J connectivity index is 4.31. The summed E-state index contributed by atoms with van der Waals surface area (Å²) in [7, 11) is 4.09. The number of hydrogen-bond acceptors (Lipinski definition) is 4. The van der Waals surface area contributed by atoms with Crippen LogP contribution in [0.25, 0.3) is 0 Å². The minimum atomic E-state index is -0.181. The van der Waals surface area contributed by atoms with E-state index in [1.807, 2.05) is 21.0 Å². The summed E-state index contributed by atoms with van der Waals surface area (Å²) in [6, 6.07) is -0.181. The largest absolute Gasteiger partial charge is 0.465 e. The highest BCUT2D eigenvalue weighted by Crippen LogP contribution is 2.09. The first kappa shape index (κ1) is 16.4. The Morgan fingerprint density at radius 3 is 2.35 bits per heavy atom. The molecular weight excluding hydrogens is 216 g/mol. The molecule has 0 amide bonds. The van der Waals surface area contributed by atoms with Crippen molar-refractivity contribution in [3.05, 3.63) is 0 Å². The number of ether oxygens (including phenoxy) is 1. The van der Waals surface area contributed by atoms with Gasteiger partial charge >= 0.3 is 5.97 Å². The van der Waals surface area contributed by atoms with Gasteiger partial charge in [0.25, 0.3) is 0 Å². The number of carbonyl (C=O) groups excluding carboxylic acids is 1. The lowest BCUT2D eigenvalue weighted by molar-refractivity contribution is -0.146. The minimum Gasteiger partial charge on any atom is -0.465 e. The fourth-order valence-corrected chi connectivity index (χ4v) is 1.37. The van der Waals surface area contributed by atoms with Gasteiger partial charge in [0.1, 0.15) is 6.04 Å². The van der Waals surface area contributed by atoms with Crippen LogP contribution < -0.4 is 5.32 Å². The van der Waals surface area contributed by atoms with Crippen LogP contribution in [0.15, 0.2) is 0 Å². The third-order valence-corrected chi connectivity index (χ3v) is 3.14. The maximum absolute atomic E-state index is 11.7. The van der Waals surface area contributed by atoms with Crippen molar-refractivity contribution < 1.29 is 9.53 Å². The molecule has 4 heteroatoms. The van der Waals surface area contributed by atoms with Crippen molar-refractivity contribution in [2.45, 2.75) is 52.1 Å². The topological polar surface area (TPSA) is 41.6 Å². The lowest BCUT2D eigenvalue weighted by atomic mass is 10.0. The summed E-state index contributed by atoms with van der Waals surface area (Å²) in [6.07, 6.45) is 1.79. The molecule has 17 heavy (non-hydrogen) atoms. The zero-order chi connectivity index (χ0) is 13.5. The summed E-state index contributed by atoms with van der Waals surface area (Å²) in [4.78, 5) is 13.9. The highest BCUT2D eigenvalue weighted by atomic mass is 16.5. The summed E-state index contributed by atoms with van der Waals surface area (Å²) in [6.45, 7) is 9.42. The Hall–Kier alpha value is -0.610. The average Bonchev–Trinajstić information content (AvgIpc) is 2.24. The molecule has 1 atom stereocenters. The molecule has 1 unspecified atom stereocenters. The Bertz CT molecular complexity index is 227. The standard InChI is InChI=1S/C13H28N2O2/c1-7-9-11(12(16)17-8-2)14-10-13(3,4)15(5)6/h11,14H,7-10H2,1-6H3. The van der Waals surface area contributed by atoms with E-state index >= 15 is 0 Å². The van der Waals surface area contributed by atoms with Crippen molar-refractivity contribution in [1.29, 1.82) is 0 Å². The number of nitrogens with one attached hydrogen (secondary N) is 1. The number of carbonyl (C=O) groups is 1. The first-order valence-electron chi connectivity index (χ1n) is 6.42. The third kappa shape index (κ3) is 6.03. The van der Waals surface area contributed by atoms with Gasteiger partial charge in [0.05, 0.1) is 6.61 Å². The first-order chi connectivity index (χ1) is 7.85. The van der Waals surface area contributed by atoms with Gasteiger partial charge in [-0.2, -0.15) is 0 Å². The van der Waals surface area contributed by atoms with Gasteiger partial charge in [0.15, 0.2) is 0 Å². The van der Waals surface area contributed by atoms with Crippen LogP contribution in [-0.2, 0) is 9.53 Å². The van der Waals surface area contributed by atoms with Crippen LogP contribution in [0.3, 0.4) is 0 Å². The van der Waals surface area contributed by atoms with E-state index in [9.17, 15) is 4.79 Å². The van der Waals surface area contributed by atoms with E-state index in [1.165, 1.54) is 0 Å². The molecule has 1 N–H and O–H groups in total. The fourth-order valence-electron chi connectivity index (χ4n) is 1.37. The maximum Gasteiger partial charge on any atom is 0.323 e. The summed E-state index contributed by atoms with van der Waals surface area (Å²) < 4.78 is 5.07. The van der Waals surface area contributed by atoms with Crippen molar-refractivity contribution in [3.63, 3.8) is 0 Å². The predicted molar refractivity (Wildman–Crippen MR) is 71.1 cm³/mol. The second kappa shape index (κ2) is 7.67. The SMILES string of the molecule is CCCC(NCC(C)(C)N(C)C)C(=O)OCC. The minimum absolute atomic E-state index is 0.0263. The Labute approximate surface area is 106 Å². The van der Waals surface area contributed by atoms with Crippen LogP contribution in [0.2, 0.25) is 0 Å². The number of rotatable bonds is 8. The van der Waals surface area contributed by atoms with E-state index in [0.29, 0.717) is 6.61 Å². The Morgan fingerprint density at radius 1 is 1.35 bits per heavy atom. The van der Waals surface area contributed by atoms with Crippen molar-refractivity contribution >= 4 is 5.97 Å². The predicted octanol–water partition coefficient (Wildman–Crippen LogP) is 1.65. The molecule has 0 bridgehead atoms. The molecule has 0 aromatic rings. The Morgan fingerprint density at radius 2 is 1.94 bits per heavy atom.